The molecule has 0 aliphatic carbocycles. The summed E-state index contributed by atoms with van der Waals surface area (Å²) >= 11 is 0. The van der Waals surface area contributed by atoms with Gasteiger partial charge >= 0.3 is 5.97 Å². The Hall–Kier alpha value is -0.610. The van der Waals surface area contributed by atoms with Crippen LogP contribution in [0.2, 0.25) is 0 Å². The van der Waals surface area contributed by atoms with Gasteiger partial charge in [-0.2, -0.15) is 0 Å². The van der Waals surface area contributed by atoms with Gasteiger partial charge in [0.15, 0.2) is 0 Å². The quantitative estimate of drug-likeness (QED) is 0.450. The molecule has 0 bridgehead atoms. The van der Waals surface area contributed by atoms with Crippen LogP contribution in [0, 0.1) is 0 Å². The highest BCUT2D eigenvalue weighted by Crippen LogP contribution is 1.94. The molecular weight excluding hydrogens is 134 g/mol. The van der Waals surface area contributed by atoms with Crippen molar-refractivity contribution in [3.63, 3.8) is 0 Å². The molecule has 10 heavy (non-hydrogen) atoms. The maximum Gasteiger partial charge on any atom is 0.305 e. The van der Waals surface area contributed by atoms with E-state index in [1.165, 1.54) is 7.11 Å². The average Bonchev–Trinajstić information content (AvgIpc) is 1.89. The number of rotatable bonds is 4. The van der Waals surface area contributed by atoms with Crippen molar-refractivity contribution in [2.75, 3.05) is 13.7 Å². The minimum Gasteiger partial charge on any atom is -0.469 e. The summed E-state index contributed by atoms with van der Waals surface area (Å²) in [6.45, 7) is 0.150. The Bertz CT molecular complexity index is 85.1. The maximum atomic E-state index is 10.4. The SMILES string of the molecule is COC(=O)CCCCO.N. The maximum absolute atomic E-state index is 10.4. The lowest BCUT2D eigenvalue weighted by atomic mass is 10.2. The first kappa shape index (κ1) is 12.1. The van der Waals surface area contributed by atoms with Gasteiger partial charge in [0.05, 0.1) is 7.11 Å². The summed E-state index contributed by atoms with van der Waals surface area (Å²) in [5.74, 6) is -0.205. The summed E-state index contributed by atoms with van der Waals surface area (Å²) in [5, 5.41) is 8.30. The highest BCUT2D eigenvalue weighted by Gasteiger charge is 1.96. The first-order chi connectivity index (χ1) is 4.31. The second-order valence-corrected chi connectivity index (χ2v) is 1.76. The zero-order chi connectivity index (χ0) is 7.11. The third-order valence-corrected chi connectivity index (χ3v) is 1.02. The normalized spacial score (nSPS) is 8.20. The number of aliphatic hydroxyl groups is 1. The van der Waals surface area contributed by atoms with Crippen molar-refractivity contribution in [2.45, 2.75) is 19.3 Å². The number of aliphatic hydroxyl groups excluding tert-OH is 1. The summed E-state index contributed by atoms with van der Waals surface area (Å²) in [6, 6.07) is 0. The predicted octanol–water partition coefficient (Wildman–Crippen LogP) is 0.484. The van der Waals surface area contributed by atoms with Crippen molar-refractivity contribution in [1.29, 1.82) is 0 Å². The molecule has 0 fully saturated rings. The summed E-state index contributed by atoms with van der Waals surface area (Å²) < 4.78 is 4.38. The standard InChI is InChI=1S/C6H12O3.H3N/c1-9-6(8)4-2-3-5-7;/h7H,2-5H2,1H3;1H3. The van der Waals surface area contributed by atoms with E-state index < -0.39 is 0 Å². The summed E-state index contributed by atoms with van der Waals surface area (Å²) in [6.07, 6.45) is 1.80. The smallest absolute Gasteiger partial charge is 0.305 e. The molecule has 0 aromatic heterocycles. The van der Waals surface area contributed by atoms with Crippen molar-refractivity contribution in [2.24, 2.45) is 0 Å². The average molecular weight is 149 g/mol. The van der Waals surface area contributed by atoms with E-state index in [0.29, 0.717) is 19.3 Å². The van der Waals surface area contributed by atoms with Gasteiger partial charge in [0.2, 0.25) is 0 Å². The summed E-state index contributed by atoms with van der Waals surface area (Å²) in [7, 11) is 1.36. The molecule has 0 saturated heterocycles. The van der Waals surface area contributed by atoms with Gasteiger partial charge < -0.3 is 16.0 Å². The van der Waals surface area contributed by atoms with E-state index in [4.69, 9.17) is 5.11 Å². The van der Waals surface area contributed by atoms with Crippen LogP contribution in [0.5, 0.6) is 0 Å². The topological polar surface area (TPSA) is 81.5 Å². The number of methoxy groups -OCH3 is 1. The van der Waals surface area contributed by atoms with Crippen LogP contribution in [-0.2, 0) is 9.53 Å². The minimum absolute atomic E-state index is 0. The molecule has 4 N–H and O–H groups in total. The number of carbonyl (C=O) groups excluding carboxylic acids is 1. The minimum atomic E-state index is -0.205. The summed E-state index contributed by atoms with van der Waals surface area (Å²) in [5.41, 5.74) is 0. The second kappa shape index (κ2) is 8.39. The molecule has 0 heterocycles. The van der Waals surface area contributed by atoms with E-state index in [1.54, 1.807) is 0 Å². The van der Waals surface area contributed by atoms with Gasteiger partial charge in [-0.25, -0.2) is 0 Å². The molecule has 0 aromatic carbocycles. The molecule has 0 spiro atoms. The zero-order valence-corrected chi connectivity index (χ0v) is 6.30. The second-order valence-electron chi connectivity index (χ2n) is 1.76. The van der Waals surface area contributed by atoms with E-state index >= 15 is 0 Å². The van der Waals surface area contributed by atoms with Crippen LogP contribution in [-0.4, -0.2) is 24.8 Å². The first-order valence-electron chi connectivity index (χ1n) is 2.99. The molecule has 0 aliphatic rings. The van der Waals surface area contributed by atoms with Crippen LogP contribution < -0.4 is 6.15 Å². The van der Waals surface area contributed by atoms with Crippen molar-refractivity contribution in [1.82, 2.24) is 6.15 Å². The Kier molecular flexibility index (Phi) is 10.2. The van der Waals surface area contributed by atoms with Crippen molar-refractivity contribution >= 4 is 5.97 Å². The Labute approximate surface area is 60.8 Å². The largest absolute Gasteiger partial charge is 0.469 e. The van der Waals surface area contributed by atoms with E-state index in [9.17, 15) is 4.79 Å². The molecule has 4 heteroatoms. The van der Waals surface area contributed by atoms with Crippen LogP contribution in [0.4, 0.5) is 0 Å². The molecule has 62 valence electrons. The number of unbranched alkanes of at least 4 members (excludes halogenated alkanes) is 1. The lowest BCUT2D eigenvalue weighted by molar-refractivity contribution is -0.140. The molecule has 0 radical (unpaired) electrons. The molecule has 0 aromatic rings. The molecule has 0 atom stereocenters. The van der Waals surface area contributed by atoms with Crippen molar-refractivity contribution in [3.8, 4) is 0 Å². The fourth-order valence-electron chi connectivity index (χ4n) is 0.483. The third-order valence-electron chi connectivity index (χ3n) is 1.02. The van der Waals surface area contributed by atoms with Gasteiger partial charge in [-0.15, -0.1) is 0 Å². The van der Waals surface area contributed by atoms with Crippen LogP contribution in [0.25, 0.3) is 0 Å². The first-order valence-corrected chi connectivity index (χ1v) is 2.99. The molecule has 0 saturated carbocycles. The Morgan fingerprint density at radius 3 is 2.50 bits per heavy atom. The van der Waals surface area contributed by atoms with Gasteiger partial charge in [0.25, 0.3) is 0 Å². The fourth-order valence-corrected chi connectivity index (χ4v) is 0.483. The summed E-state index contributed by atoms with van der Waals surface area (Å²) in [4.78, 5) is 10.4. The molecule has 0 unspecified atom stereocenters. The Morgan fingerprint density at radius 1 is 1.50 bits per heavy atom. The van der Waals surface area contributed by atoms with Gasteiger partial charge in [0, 0.05) is 13.0 Å². The Morgan fingerprint density at radius 2 is 2.10 bits per heavy atom. The number of esters is 1. The third kappa shape index (κ3) is 7.39. The van der Waals surface area contributed by atoms with Crippen LogP contribution in [0.15, 0.2) is 0 Å². The molecular formula is C6H15NO3. The van der Waals surface area contributed by atoms with Crippen LogP contribution in [0.1, 0.15) is 19.3 Å². The number of hydrogen-bond donors (Lipinski definition) is 2. The van der Waals surface area contributed by atoms with E-state index in [1.807, 2.05) is 0 Å². The highest BCUT2D eigenvalue weighted by atomic mass is 16.5. The Balaban J connectivity index is 0. The van der Waals surface area contributed by atoms with Gasteiger partial charge in [-0.3, -0.25) is 4.79 Å². The van der Waals surface area contributed by atoms with Gasteiger partial charge in [0.1, 0.15) is 0 Å². The zero-order valence-electron chi connectivity index (χ0n) is 6.30. The fraction of sp³-hybridized carbons (Fsp3) is 0.833. The van der Waals surface area contributed by atoms with Crippen molar-refractivity contribution in [3.05, 3.63) is 0 Å². The molecule has 4 nitrogen and oxygen atoms in total. The molecule has 0 amide bonds. The highest BCUT2D eigenvalue weighted by molar-refractivity contribution is 5.68. The predicted molar refractivity (Wildman–Crippen MR) is 38.0 cm³/mol. The van der Waals surface area contributed by atoms with E-state index in [-0.39, 0.29) is 18.7 Å². The van der Waals surface area contributed by atoms with E-state index in [2.05, 4.69) is 4.74 Å². The monoisotopic (exact) mass is 149 g/mol. The number of carbonyl (C=O) groups is 1. The van der Waals surface area contributed by atoms with Crippen LogP contribution >= 0.6 is 0 Å². The lowest BCUT2D eigenvalue weighted by Crippen LogP contribution is -1.99. The van der Waals surface area contributed by atoms with Crippen molar-refractivity contribution < 1.29 is 14.6 Å². The molecule has 0 rings (SSSR count). The number of ether oxygens (including phenoxy) is 1. The lowest BCUT2D eigenvalue weighted by Gasteiger charge is -1.95. The molecule has 0 aliphatic heterocycles. The van der Waals surface area contributed by atoms with Gasteiger partial charge in [-0.1, -0.05) is 0 Å². The van der Waals surface area contributed by atoms with Crippen LogP contribution in [0.3, 0.4) is 0 Å². The van der Waals surface area contributed by atoms with Gasteiger partial charge in [-0.05, 0) is 12.8 Å². The number of hydrogen-bond acceptors (Lipinski definition) is 4. The van der Waals surface area contributed by atoms with E-state index in [0.717, 1.165) is 0 Å².